The quantitative estimate of drug-likeness (QED) is 0.798. The lowest BCUT2D eigenvalue weighted by atomic mass is 10.1. The molecule has 1 unspecified atom stereocenters. The Hall–Kier alpha value is -1.69. The van der Waals surface area contributed by atoms with Crippen LogP contribution < -0.4 is 10.6 Å². The van der Waals surface area contributed by atoms with Gasteiger partial charge in [0.15, 0.2) is 0 Å². The van der Waals surface area contributed by atoms with Crippen molar-refractivity contribution in [3.63, 3.8) is 0 Å². The zero-order chi connectivity index (χ0) is 13.7. The molecule has 2 rings (SSSR count). The summed E-state index contributed by atoms with van der Waals surface area (Å²) in [4.78, 5) is 22.1. The number of rotatable bonds is 4. The van der Waals surface area contributed by atoms with Crippen molar-refractivity contribution in [2.75, 3.05) is 25.1 Å². The van der Waals surface area contributed by atoms with E-state index in [1.54, 1.807) is 12.4 Å². The lowest BCUT2D eigenvalue weighted by Gasteiger charge is -2.26. The van der Waals surface area contributed by atoms with Crippen LogP contribution in [0.3, 0.4) is 0 Å². The molecule has 1 fully saturated rings. The first-order chi connectivity index (χ1) is 9.20. The summed E-state index contributed by atoms with van der Waals surface area (Å²) in [5.41, 5.74) is 6.55. The number of methoxy groups -OCH3 is 1. The van der Waals surface area contributed by atoms with Gasteiger partial charge >= 0.3 is 5.97 Å². The van der Waals surface area contributed by atoms with Gasteiger partial charge in [0.1, 0.15) is 6.04 Å². The van der Waals surface area contributed by atoms with E-state index in [2.05, 4.69) is 19.6 Å². The second-order valence-corrected chi connectivity index (χ2v) is 4.77. The van der Waals surface area contributed by atoms with E-state index in [-0.39, 0.29) is 0 Å². The maximum absolute atomic E-state index is 11.2. The number of nitrogens with zero attached hydrogens (tertiary/aromatic N) is 3. The summed E-state index contributed by atoms with van der Waals surface area (Å²) in [6.07, 6.45) is 7.53. The van der Waals surface area contributed by atoms with Gasteiger partial charge in [-0.2, -0.15) is 0 Å². The lowest BCUT2D eigenvalue weighted by Crippen LogP contribution is -2.34. The fourth-order valence-electron chi connectivity index (χ4n) is 2.20. The summed E-state index contributed by atoms with van der Waals surface area (Å²) < 4.78 is 4.59. The summed E-state index contributed by atoms with van der Waals surface area (Å²) in [5.74, 6) is 0.343. The Morgan fingerprint density at radius 1 is 1.37 bits per heavy atom. The van der Waals surface area contributed by atoms with Gasteiger partial charge in [-0.25, -0.2) is 9.97 Å². The monoisotopic (exact) mass is 264 g/mol. The maximum atomic E-state index is 11.2. The highest BCUT2D eigenvalue weighted by Crippen LogP contribution is 2.15. The molecule has 6 nitrogen and oxygen atoms in total. The third kappa shape index (κ3) is 3.64. The van der Waals surface area contributed by atoms with Crippen molar-refractivity contribution in [3.8, 4) is 0 Å². The van der Waals surface area contributed by atoms with Crippen LogP contribution in [0.1, 0.15) is 24.8 Å². The van der Waals surface area contributed by atoms with Gasteiger partial charge in [0.05, 0.1) is 7.11 Å². The zero-order valence-corrected chi connectivity index (χ0v) is 11.2. The molecule has 1 aromatic rings. The molecular weight excluding hydrogens is 244 g/mol. The minimum Gasteiger partial charge on any atom is -0.468 e. The third-order valence-electron chi connectivity index (χ3n) is 3.29. The van der Waals surface area contributed by atoms with Crippen molar-refractivity contribution in [2.24, 2.45) is 5.73 Å². The Kier molecular flexibility index (Phi) is 4.68. The van der Waals surface area contributed by atoms with Crippen LogP contribution in [0.4, 0.5) is 5.95 Å². The van der Waals surface area contributed by atoms with Gasteiger partial charge in [-0.15, -0.1) is 0 Å². The van der Waals surface area contributed by atoms with Crippen molar-refractivity contribution < 1.29 is 9.53 Å². The average molecular weight is 264 g/mol. The molecule has 19 heavy (non-hydrogen) atoms. The number of anilines is 1. The molecule has 0 amide bonds. The highest BCUT2D eigenvalue weighted by Gasteiger charge is 2.16. The maximum Gasteiger partial charge on any atom is 0.322 e. The number of aromatic nitrogens is 2. The van der Waals surface area contributed by atoms with Gasteiger partial charge in [-0.3, -0.25) is 4.79 Å². The van der Waals surface area contributed by atoms with E-state index in [4.69, 9.17) is 5.73 Å². The number of piperidine rings is 1. The smallest absolute Gasteiger partial charge is 0.322 e. The number of ether oxygens (including phenoxy) is 1. The molecule has 0 spiro atoms. The first-order valence-electron chi connectivity index (χ1n) is 6.60. The van der Waals surface area contributed by atoms with E-state index in [0.717, 1.165) is 24.6 Å². The predicted octanol–water partition coefficient (Wildman–Crippen LogP) is 0.510. The molecule has 0 aromatic carbocycles. The summed E-state index contributed by atoms with van der Waals surface area (Å²) >= 11 is 0. The first kappa shape index (κ1) is 13.7. The Morgan fingerprint density at radius 2 is 2.00 bits per heavy atom. The van der Waals surface area contributed by atoms with Gasteiger partial charge in [0.25, 0.3) is 0 Å². The Morgan fingerprint density at radius 3 is 2.58 bits per heavy atom. The van der Waals surface area contributed by atoms with Crippen LogP contribution >= 0.6 is 0 Å². The zero-order valence-electron chi connectivity index (χ0n) is 11.2. The lowest BCUT2D eigenvalue weighted by molar-refractivity contribution is -0.142. The SMILES string of the molecule is COC(=O)C(N)Cc1cnc(N2CCCCC2)nc1. The molecule has 0 bridgehead atoms. The Labute approximate surface area is 113 Å². The topological polar surface area (TPSA) is 81.3 Å². The summed E-state index contributed by atoms with van der Waals surface area (Å²) in [6, 6.07) is -0.658. The van der Waals surface area contributed by atoms with Crippen LogP contribution in [0.2, 0.25) is 0 Å². The number of carbonyl (C=O) groups is 1. The third-order valence-corrected chi connectivity index (χ3v) is 3.29. The van der Waals surface area contributed by atoms with Gasteiger partial charge in [0.2, 0.25) is 5.95 Å². The largest absolute Gasteiger partial charge is 0.468 e. The van der Waals surface area contributed by atoms with Crippen molar-refractivity contribution in [3.05, 3.63) is 18.0 Å². The van der Waals surface area contributed by atoms with Crippen molar-refractivity contribution in [1.29, 1.82) is 0 Å². The number of nitrogens with two attached hydrogens (primary N) is 1. The Bertz CT molecular complexity index is 415. The van der Waals surface area contributed by atoms with Gasteiger partial charge in [-0.05, 0) is 24.8 Å². The second-order valence-electron chi connectivity index (χ2n) is 4.77. The van der Waals surface area contributed by atoms with Crippen LogP contribution in [0.25, 0.3) is 0 Å². The fourth-order valence-corrected chi connectivity index (χ4v) is 2.20. The van der Waals surface area contributed by atoms with Crippen molar-refractivity contribution in [1.82, 2.24) is 9.97 Å². The van der Waals surface area contributed by atoms with E-state index in [0.29, 0.717) is 6.42 Å². The highest BCUT2D eigenvalue weighted by atomic mass is 16.5. The molecule has 0 aliphatic carbocycles. The molecular formula is C13H20N4O2. The normalized spacial score (nSPS) is 17.1. The molecule has 2 heterocycles. The van der Waals surface area contributed by atoms with Crippen LogP contribution in [0.15, 0.2) is 12.4 Å². The van der Waals surface area contributed by atoms with E-state index in [1.165, 1.54) is 26.4 Å². The molecule has 2 N–H and O–H groups in total. The number of hydrogen-bond acceptors (Lipinski definition) is 6. The van der Waals surface area contributed by atoms with E-state index in [1.807, 2.05) is 0 Å². The van der Waals surface area contributed by atoms with E-state index >= 15 is 0 Å². The molecule has 1 aliphatic heterocycles. The molecule has 104 valence electrons. The van der Waals surface area contributed by atoms with Crippen molar-refractivity contribution >= 4 is 11.9 Å². The Balaban J connectivity index is 1.96. The molecule has 1 aliphatic rings. The minimum atomic E-state index is -0.658. The van der Waals surface area contributed by atoms with Crippen LogP contribution in [-0.4, -0.2) is 42.2 Å². The minimum absolute atomic E-state index is 0.396. The molecule has 0 radical (unpaired) electrons. The molecule has 0 saturated carbocycles. The summed E-state index contributed by atoms with van der Waals surface area (Å²) in [5, 5.41) is 0. The first-order valence-corrected chi connectivity index (χ1v) is 6.60. The van der Waals surface area contributed by atoms with Gasteiger partial charge in [-0.1, -0.05) is 0 Å². The number of esters is 1. The standard InChI is InChI=1S/C13H20N4O2/c1-19-12(18)11(14)7-10-8-15-13(16-9-10)17-5-3-2-4-6-17/h8-9,11H,2-7,14H2,1H3. The number of hydrogen-bond donors (Lipinski definition) is 1. The van der Waals surface area contributed by atoms with Crippen molar-refractivity contribution in [2.45, 2.75) is 31.7 Å². The molecule has 1 saturated heterocycles. The highest BCUT2D eigenvalue weighted by molar-refractivity contribution is 5.75. The predicted molar refractivity (Wildman–Crippen MR) is 71.8 cm³/mol. The van der Waals surface area contributed by atoms with Crippen LogP contribution in [0, 0.1) is 0 Å². The van der Waals surface area contributed by atoms with Crippen LogP contribution in [-0.2, 0) is 16.0 Å². The molecule has 6 heteroatoms. The van der Waals surface area contributed by atoms with Gasteiger partial charge < -0.3 is 15.4 Å². The average Bonchev–Trinajstić information content (AvgIpc) is 2.48. The summed E-state index contributed by atoms with van der Waals surface area (Å²) in [6.45, 7) is 2.03. The number of carbonyl (C=O) groups excluding carboxylic acids is 1. The van der Waals surface area contributed by atoms with E-state index < -0.39 is 12.0 Å². The molecule has 1 atom stereocenters. The van der Waals surface area contributed by atoms with E-state index in [9.17, 15) is 4.79 Å². The summed E-state index contributed by atoms with van der Waals surface area (Å²) in [7, 11) is 1.33. The second kappa shape index (κ2) is 6.47. The fraction of sp³-hybridized carbons (Fsp3) is 0.615. The van der Waals surface area contributed by atoms with Gasteiger partial charge in [0, 0.05) is 31.9 Å². The molecule has 1 aromatic heterocycles. The van der Waals surface area contributed by atoms with Crippen LogP contribution in [0.5, 0.6) is 0 Å².